The molecule has 0 saturated heterocycles. The highest BCUT2D eigenvalue weighted by Gasteiger charge is 2.36. The van der Waals surface area contributed by atoms with Gasteiger partial charge in [-0.3, -0.25) is 9.36 Å². The van der Waals surface area contributed by atoms with Crippen LogP contribution in [0.25, 0.3) is 11.1 Å². The molecule has 7 heteroatoms. The fraction of sp³-hybridized carbons (Fsp3) is 0.364. The van der Waals surface area contributed by atoms with Crippen LogP contribution in [0.1, 0.15) is 30.0 Å². The number of aliphatic hydroxyl groups excluding tert-OH is 1. The molecular weight excluding hydrogens is 372 g/mol. The van der Waals surface area contributed by atoms with Crippen LogP contribution in [0.2, 0.25) is 0 Å². The van der Waals surface area contributed by atoms with Gasteiger partial charge in [-0.2, -0.15) is 0 Å². The largest absolute Gasteiger partial charge is 0.493 e. The number of aliphatic hydroxyl groups is 1. The highest BCUT2D eigenvalue weighted by Crippen LogP contribution is 2.39. The summed E-state index contributed by atoms with van der Waals surface area (Å²) in [7, 11) is 0. The Morgan fingerprint density at radius 1 is 1.24 bits per heavy atom. The number of amides is 1. The number of hydrogen-bond donors (Lipinski definition) is 2. The van der Waals surface area contributed by atoms with E-state index in [-0.39, 0.29) is 30.5 Å². The lowest BCUT2D eigenvalue weighted by atomic mass is 9.75. The van der Waals surface area contributed by atoms with E-state index in [1.807, 2.05) is 12.1 Å². The summed E-state index contributed by atoms with van der Waals surface area (Å²) in [5.74, 6) is 0.240. The number of benzene rings is 2. The zero-order valence-electron chi connectivity index (χ0n) is 15.8. The van der Waals surface area contributed by atoms with Crippen LogP contribution in [0.4, 0.5) is 0 Å². The monoisotopic (exact) mass is 394 g/mol. The van der Waals surface area contributed by atoms with Gasteiger partial charge in [-0.15, -0.1) is 0 Å². The topological polar surface area (TPSA) is 93.7 Å². The fourth-order valence-electron chi connectivity index (χ4n) is 4.30. The number of nitrogens with zero attached hydrogens (tertiary/aromatic N) is 1. The van der Waals surface area contributed by atoms with Crippen LogP contribution in [0.15, 0.2) is 51.7 Å². The summed E-state index contributed by atoms with van der Waals surface area (Å²) in [4.78, 5) is 25.0. The first-order valence-electron chi connectivity index (χ1n) is 9.90. The standard InChI is InChI=1S/C22H22N2O5/c25-16-10-15(11-16)21(14-5-6-18-13(9-14)7-8-28-18)23-20(26)12-24-17-3-1-2-4-19(17)29-22(24)27/h1-6,9,15-16,21,25H,7-8,10-12H2,(H,23,26). The minimum absolute atomic E-state index is 0.115. The normalized spacial score (nSPS) is 21.3. The summed E-state index contributed by atoms with van der Waals surface area (Å²) in [6.07, 6.45) is 1.82. The quantitative estimate of drug-likeness (QED) is 0.692. The van der Waals surface area contributed by atoms with Gasteiger partial charge in [-0.1, -0.05) is 18.2 Å². The smallest absolute Gasteiger partial charge is 0.420 e. The van der Waals surface area contributed by atoms with Crippen molar-refractivity contribution in [3.8, 4) is 5.75 Å². The number of para-hydroxylation sites is 2. The predicted molar refractivity (Wildman–Crippen MR) is 106 cm³/mol. The van der Waals surface area contributed by atoms with Crippen LogP contribution < -0.4 is 15.8 Å². The van der Waals surface area contributed by atoms with E-state index in [1.54, 1.807) is 24.3 Å². The van der Waals surface area contributed by atoms with E-state index >= 15 is 0 Å². The zero-order chi connectivity index (χ0) is 20.0. The fourth-order valence-corrected chi connectivity index (χ4v) is 4.30. The molecule has 2 aromatic carbocycles. The maximum atomic E-state index is 12.9. The highest BCUT2D eigenvalue weighted by molar-refractivity contribution is 5.79. The van der Waals surface area contributed by atoms with Crippen molar-refractivity contribution in [1.82, 2.24) is 9.88 Å². The van der Waals surface area contributed by atoms with Crippen molar-refractivity contribution in [2.75, 3.05) is 6.61 Å². The van der Waals surface area contributed by atoms with Gasteiger partial charge in [0.25, 0.3) is 0 Å². The lowest BCUT2D eigenvalue weighted by Gasteiger charge is -2.38. The van der Waals surface area contributed by atoms with E-state index in [1.165, 1.54) is 4.57 Å². The first-order valence-corrected chi connectivity index (χ1v) is 9.90. The van der Waals surface area contributed by atoms with Gasteiger partial charge in [-0.05, 0) is 54.2 Å². The summed E-state index contributed by atoms with van der Waals surface area (Å²) in [6.45, 7) is 0.560. The molecule has 7 nitrogen and oxygen atoms in total. The number of carbonyl (C=O) groups is 1. The van der Waals surface area contributed by atoms with E-state index in [9.17, 15) is 14.7 Å². The Hall–Kier alpha value is -3.06. The molecule has 2 N–H and O–H groups in total. The number of hydrogen-bond acceptors (Lipinski definition) is 5. The Kier molecular flexibility index (Phi) is 4.39. The molecule has 150 valence electrons. The Bertz CT molecular complexity index is 1130. The molecule has 2 aliphatic rings. The molecule has 0 radical (unpaired) electrons. The molecule has 29 heavy (non-hydrogen) atoms. The number of carbonyl (C=O) groups excluding carboxylic acids is 1. The van der Waals surface area contributed by atoms with Gasteiger partial charge in [-0.25, -0.2) is 4.79 Å². The Labute approximate surface area is 166 Å². The van der Waals surface area contributed by atoms with Crippen LogP contribution >= 0.6 is 0 Å². The third-order valence-corrected chi connectivity index (χ3v) is 5.89. The van der Waals surface area contributed by atoms with Crippen molar-refractivity contribution >= 4 is 17.0 Å². The number of ether oxygens (including phenoxy) is 1. The van der Waals surface area contributed by atoms with Crippen LogP contribution in [-0.2, 0) is 17.8 Å². The molecule has 1 amide bonds. The molecule has 1 fully saturated rings. The van der Waals surface area contributed by atoms with Crippen molar-refractivity contribution in [1.29, 1.82) is 0 Å². The number of rotatable bonds is 5. The molecule has 2 heterocycles. The number of aromatic nitrogens is 1. The molecule has 1 aromatic heterocycles. The average Bonchev–Trinajstić information content (AvgIpc) is 3.28. The molecule has 0 spiro atoms. The Morgan fingerprint density at radius 3 is 2.90 bits per heavy atom. The molecule has 1 unspecified atom stereocenters. The molecule has 1 aliphatic heterocycles. The van der Waals surface area contributed by atoms with Crippen molar-refractivity contribution in [3.63, 3.8) is 0 Å². The third-order valence-electron chi connectivity index (χ3n) is 5.89. The lowest BCUT2D eigenvalue weighted by Crippen LogP contribution is -2.42. The second-order valence-electron chi connectivity index (χ2n) is 7.82. The minimum atomic E-state index is -0.549. The SMILES string of the molecule is O=C(Cn1c(=O)oc2ccccc21)NC(c1ccc2c(c1)CCO2)C1CC(O)C1. The van der Waals surface area contributed by atoms with Gasteiger partial charge >= 0.3 is 5.76 Å². The van der Waals surface area contributed by atoms with Gasteiger partial charge in [0.15, 0.2) is 5.58 Å². The van der Waals surface area contributed by atoms with Gasteiger partial charge in [0, 0.05) is 6.42 Å². The van der Waals surface area contributed by atoms with Crippen molar-refractivity contribution < 1.29 is 19.1 Å². The maximum absolute atomic E-state index is 12.9. The minimum Gasteiger partial charge on any atom is -0.493 e. The molecule has 1 saturated carbocycles. The number of oxazole rings is 1. The summed E-state index contributed by atoms with van der Waals surface area (Å²) in [5, 5.41) is 12.9. The second-order valence-corrected chi connectivity index (χ2v) is 7.82. The predicted octanol–water partition coefficient (Wildman–Crippen LogP) is 2.16. The summed E-state index contributed by atoms with van der Waals surface area (Å²) < 4.78 is 12.1. The molecule has 3 aromatic rings. The Balaban J connectivity index is 1.39. The first-order chi connectivity index (χ1) is 14.1. The van der Waals surface area contributed by atoms with E-state index in [2.05, 4.69) is 11.4 Å². The lowest BCUT2D eigenvalue weighted by molar-refractivity contribution is -0.123. The number of fused-ring (bicyclic) bond motifs is 2. The maximum Gasteiger partial charge on any atom is 0.420 e. The van der Waals surface area contributed by atoms with Crippen LogP contribution in [0, 0.1) is 5.92 Å². The summed E-state index contributed by atoms with van der Waals surface area (Å²) in [6, 6.07) is 12.8. The molecule has 1 aliphatic carbocycles. The van der Waals surface area contributed by atoms with Crippen LogP contribution in [0.3, 0.4) is 0 Å². The number of nitrogens with one attached hydrogen (secondary N) is 1. The molecular formula is C22H22N2O5. The van der Waals surface area contributed by atoms with E-state index in [4.69, 9.17) is 9.15 Å². The summed E-state index contributed by atoms with van der Waals surface area (Å²) in [5.41, 5.74) is 3.20. The first kappa shape index (κ1) is 18.0. The van der Waals surface area contributed by atoms with Gasteiger partial charge in [0.1, 0.15) is 12.3 Å². The zero-order valence-corrected chi connectivity index (χ0v) is 15.8. The van der Waals surface area contributed by atoms with Gasteiger partial charge < -0.3 is 19.6 Å². The van der Waals surface area contributed by atoms with Crippen molar-refractivity contribution in [2.24, 2.45) is 5.92 Å². The van der Waals surface area contributed by atoms with E-state index in [0.717, 1.165) is 23.3 Å². The van der Waals surface area contributed by atoms with Gasteiger partial charge in [0.05, 0.1) is 24.3 Å². The third kappa shape index (κ3) is 3.31. The highest BCUT2D eigenvalue weighted by atomic mass is 16.5. The van der Waals surface area contributed by atoms with Crippen molar-refractivity contribution in [3.05, 3.63) is 64.1 Å². The van der Waals surface area contributed by atoms with E-state index < -0.39 is 5.76 Å². The van der Waals surface area contributed by atoms with Crippen LogP contribution in [0.5, 0.6) is 5.75 Å². The van der Waals surface area contributed by atoms with Crippen LogP contribution in [-0.4, -0.2) is 28.3 Å². The Morgan fingerprint density at radius 2 is 2.07 bits per heavy atom. The van der Waals surface area contributed by atoms with E-state index in [0.29, 0.717) is 30.5 Å². The molecule has 1 atom stereocenters. The second kappa shape index (κ2) is 7.08. The van der Waals surface area contributed by atoms with Crippen molar-refractivity contribution in [2.45, 2.75) is 38.0 Å². The summed E-state index contributed by atoms with van der Waals surface area (Å²) >= 11 is 0. The van der Waals surface area contributed by atoms with Gasteiger partial charge in [0.2, 0.25) is 5.91 Å². The molecule has 0 bridgehead atoms. The average molecular weight is 394 g/mol. The molecule has 5 rings (SSSR count).